The monoisotopic (exact) mass is 335 g/mol. The Morgan fingerprint density at radius 3 is 2.65 bits per heavy atom. The van der Waals surface area contributed by atoms with Crippen molar-refractivity contribution in [3.63, 3.8) is 0 Å². The minimum absolute atomic E-state index is 0.0931. The second-order valence-electron chi connectivity index (χ2n) is 4.81. The van der Waals surface area contributed by atoms with Crippen LogP contribution in [0.15, 0.2) is 28.7 Å². The van der Waals surface area contributed by atoms with Crippen molar-refractivity contribution in [2.75, 3.05) is 7.11 Å². The Morgan fingerprint density at radius 2 is 2.00 bits per heavy atom. The second-order valence-corrected chi connectivity index (χ2v) is 5.66. The Kier molecular flexibility index (Phi) is 4.73. The van der Waals surface area contributed by atoms with Crippen LogP contribution in [-0.4, -0.2) is 17.3 Å². The highest BCUT2D eigenvalue weighted by Crippen LogP contribution is 2.27. The smallest absolute Gasteiger partial charge is 0.133 e. The maximum Gasteiger partial charge on any atom is 0.133 e. The molecule has 1 unspecified atom stereocenters. The van der Waals surface area contributed by atoms with Crippen LogP contribution in [0.4, 0.5) is 0 Å². The molecule has 0 saturated carbocycles. The summed E-state index contributed by atoms with van der Waals surface area (Å²) in [6, 6.07) is 7.92. The molecule has 20 heavy (non-hydrogen) atoms. The van der Waals surface area contributed by atoms with Crippen molar-refractivity contribution in [1.29, 1.82) is 0 Å². The molecule has 1 heterocycles. The van der Waals surface area contributed by atoms with Crippen molar-refractivity contribution in [2.45, 2.75) is 26.3 Å². The molecule has 0 bridgehead atoms. The summed E-state index contributed by atoms with van der Waals surface area (Å²) in [6.07, 6.45) is 0.745. The zero-order valence-corrected chi connectivity index (χ0v) is 13.4. The number of aromatic nitrogens is 2. The maximum absolute atomic E-state index is 6.30. The average molecular weight is 336 g/mol. The van der Waals surface area contributed by atoms with Crippen LogP contribution in [0.3, 0.4) is 0 Å². The molecule has 0 aliphatic rings. The zero-order chi connectivity index (χ0) is 14.7. The molecule has 2 rings (SSSR count). The van der Waals surface area contributed by atoms with Gasteiger partial charge in [-0.15, -0.1) is 0 Å². The quantitative estimate of drug-likeness (QED) is 0.932. The molecule has 4 nitrogen and oxygen atoms in total. The Bertz CT molecular complexity index is 616. The highest BCUT2D eigenvalue weighted by molar-refractivity contribution is 9.10. The van der Waals surface area contributed by atoms with Crippen molar-refractivity contribution in [1.82, 2.24) is 10.2 Å². The minimum atomic E-state index is -0.0931. The lowest BCUT2D eigenvalue weighted by molar-refractivity contribution is 0.412. The summed E-state index contributed by atoms with van der Waals surface area (Å²) in [5.74, 6) is 0.819. The fourth-order valence-corrected chi connectivity index (χ4v) is 2.73. The Balaban J connectivity index is 2.21. The van der Waals surface area contributed by atoms with Gasteiger partial charge in [0.2, 0.25) is 0 Å². The number of nitrogens with two attached hydrogens (primary N) is 1. The number of halogens is 1. The molecular weight excluding hydrogens is 318 g/mol. The first-order valence-electron chi connectivity index (χ1n) is 6.40. The largest absolute Gasteiger partial charge is 0.496 e. The van der Waals surface area contributed by atoms with Gasteiger partial charge >= 0.3 is 0 Å². The van der Waals surface area contributed by atoms with E-state index in [2.05, 4.69) is 26.1 Å². The van der Waals surface area contributed by atoms with Gasteiger partial charge in [0.05, 0.1) is 23.0 Å². The normalized spacial score (nSPS) is 12.2. The number of rotatable bonds is 4. The maximum atomic E-state index is 6.30. The Morgan fingerprint density at radius 1 is 1.25 bits per heavy atom. The zero-order valence-electron chi connectivity index (χ0n) is 11.9. The number of benzene rings is 1. The minimum Gasteiger partial charge on any atom is -0.496 e. The fraction of sp³-hybridized carbons (Fsp3) is 0.333. The molecular formula is C15H18BrN3O. The molecule has 0 saturated heterocycles. The summed E-state index contributed by atoms with van der Waals surface area (Å²) in [7, 11) is 1.65. The number of hydrogen-bond donors (Lipinski definition) is 1. The van der Waals surface area contributed by atoms with Crippen LogP contribution in [0, 0.1) is 13.8 Å². The lowest BCUT2D eigenvalue weighted by Gasteiger charge is -2.15. The summed E-state index contributed by atoms with van der Waals surface area (Å²) < 4.78 is 6.16. The number of hydrogen-bond acceptors (Lipinski definition) is 4. The van der Waals surface area contributed by atoms with E-state index in [0.29, 0.717) is 0 Å². The van der Waals surface area contributed by atoms with Gasteiger partial charge in [-0.05, 0) is 65.5 Å². The third-order valence-electron chi connectivity index (χ3n) is 3.21. The topological polar surface area (TPSA) is 61.0 Å². The average Bonchev–Trinajstić information content (AvgIpc) is 2.41. The van der Waals surface area contributed by atoms with E-state index >= 15 is 0 Å². The first kappa shape index (κ1) is 14.9. The summed E-state index contributed by atoms with van der Waals surface area (Å²) in [4.78, 5) is 0. The molecule has 0 amide bonds. The van der Waals surface area contributed by atoms with Crippen LogP contribution in [0.1, 0.15) is 28.6 Å². The first-order chi connectivity index (χ1) is 9.51. The Labute approximate surface area is 127 Å². The van der Waals surface area contributed by atoms with Gasteiger partial charge in [-0.1, -0.05) is 6.07 Å². The van der Waals surface area contributed by atoms with Crippen molar-refractivity contribution in [3.8, 4) is 5.75 Å². The highest BCUT2D eigenvalue weighted by Gasteiger charge is 2.12. The summed E-state index contributed by atoms with van der Waals surface area (Å²) in [5.41, 5.74) is 10.3. The van der Waals surface area contributed by atoms with Gasteiger partial charge < -0.3 is 10.5 Å². The van der Waals surface area contributed by atoms with Crippen LogP contribution >= 0.6 is 15.9 Å². The third kappa shape index (κ3) is 3.35. The van der Waals surface area contributed by atoms with Crippen LogP contribution in [-0.2, 0) is 6.42 Å². The Hall–Kier alpha value is -1.46. The summed E-state index contributed by atoms with van der Waals surface area (Å²) in [5, 5.41) is 8.16. The third-order valence-corrected chi connectivity index (χ3v) is 3.83. The molecule has 0 fully saturated rings. The van der Waals surface area contributed by atoms with E-state index in [9.17, 15) is 0 Å². The van der Waals surface area contributed by atoms with Crippen LogP contribution < -0.4 is 10.5 Å². The number of methoxy groups -OCH3 is 1. The van der Waals surface area contributed by atoms with Crippen molar-refractivity contribution in [3.05, 3.63) is 51.3 Å². The predicted octanol–water partition coefficient (Wildman–Crippen LogP) is 3.11. The molecule has 2 aromatic rings. The molecule has 0 spiro atoms. The van der Waals surface area contributed by atoms with E-state index in [1.807, 2.05) is 38.1 Å². The molecule has 2 N–H and O–H groups in total. The van der Waals surface area contributed by atoms with Crippen LogP contribution in [0.2, 0.25) is 0 Å². The van der Waals surface area contributed by atoms with E-state index in [1.165, 1.54) is 0 Å². The van der Waals surface area contributed by atoms with Gasteiger partial charge in [-0.3, -0.25) is 0 Å². The van der Waals surface area contributed by atoms with Gasteiger partial charge in [0.15, 0.2) is 0 Å². The lowest BCUT2D eigenvalue weighted by Crippen LogP contribution is -2.16. The SMILES string of the molecule is COc1ccc(CC(N)c2cc(C)nnc2C)cc1Br. The van der Waals surface area contributed by atoms with Gasteiger partial charge in [0.25, 0.3) is 0 Å². The van der Waals surface area contributed by atoms with E-state index < -0.39 is 0 Å². The van der Waals surface area contributed by atoms with Crippen LogP contribution in [0.5, 0.6) is 5.75 Å². The number of aryl methyl sites for hydroxylation is 2. The molecule has 5 heteroatoms. The molecule has 0 radical (unpaired) electrons. The van der Waals surface area contributed by atoms with Gasteiger partial charge in [-0.2, -0.15) is 10.2 Å². The molecule has 1 aromatic heterocycles. The number of ether oxygens (including phenoxy) is 1. The predicted molar refractivity (Wildman–Crippen MR) is 82.8 cm³/mol. The molecule has 0 aliphatic carbocycles. The van der Waals surface area contributed by atoms with Crippen molar-refractivity contribution < 1.29 is 4.74 Å². The van der Waals surface area contributed by atoms with Crippen molar-refractivity contribution in [2.24, 2.45) is 5.73 Å². The molecule has 1 atom stereocenters. The van der Waals surface area contributed by atoms with Gasteiger partial charge in [0, 0.05) is 6.04 Å². The second kappa shape index (κ2) is 6.33. The molecule has 106 valence electrons. The summed E-state index contributed by atoms with van der Waals surface area (Å²) in [6.45, 7) is 3.86. The lowest BCUT2D eigenvalue weighted by atomic mass is 9.98. The van der Waals surface area contributed by atoms with E-state index in [-0.39, 0.29) is 6.04 Å². The first-order valence-corrected chi connectivity index (χ1v) is 7.19. The van der Waals surface area contributed by atoms with Crippen molar-refractivity contribution >= 4 is 15.9 Å². The van der Waals surface area contributed by atoms with E-state index in [4.69, 9.17) is 10.5 Å². The highest BCUT2D eigenvalue weighted by atomic mass is 79.9. The fourth-order valence-electron chi connectivity index (χ4n) is 2.15. The van der Waals surface area contributed by atoms with E-state index in [0.717, 1.165) is 39.2 Å². The standard InChI is InChI=1S/C15H18BrN3O/c1-9-6-12(10(2)19-18-9)14(17)8-11-4-5-15(20-3)13(16)7-11/h4-7,14H,8,17H2,1-3H3. The van der Waals surface area contributed by atoms with Crippen LogP contribution in [0.25, 0.3) is 0 Å². The molecule has 0 aliphatic heterocycles. The van der Waals surface area contributed by atoms with Gasteiger partial charge in [0.1, 0.15) is 5.75 Å². The van der Waals surface area contributed by atoms with Gasteiger partial charge in [-0.25, -0.2) is 0 Å². The number of nitrogens with zero attached hydrogens (tertiary/aromatic N) is 2. The molecule has 1 aromatic carbocycles. The summed E-state index contributed by atoms with van der Waals surface area (Å²) >= 11 is 3.49. The van der Waals surface area contributed by atoms with E-state index in [1.54, 1.807) is 7.11 Å².